The Kier molecular flexibility index (Phi) is 5.39. The van der Waals surface area contributed by atoms with Crippen LogP contribution in [0, 0.1) is 0 Å². The summed E-state index contributed by atoms with van der Waals surface area (Å²) < 4.78 is 16.8. The van der Waals surface area contributed by atoms with Gasteiger partial charge < -0.3 is 13.9 Å². The van der Waals surface area contributed by atoms with Crippen LogP contribution in [0.4, 0.5) is 0 Å². The first-order valence-corrected chi connectivity index (χ1v) is 8.58. The molecule has 0 aliphatic heterocycles. The van der Waals surface area contributed by atoms with Crippen molar-refractivity contribution in [1.82, 2.24) is 0 Å². The summed E-state index contributed by atoms with van der Waals surface area (Å²) in [7, 11) is 0. The molecule has 0 bridgehead atoms. The first-order valence-electron chi connectivity index (χ1n) is 8.58. The van der Waals surface area contributed by atoms with Crippen LogP contribution in [0.1, 0.15) is 30.7 Å². The van der Waals surface area contributed by atoms with Gasteiger partial charge in [-0.3, -0.25) is 4.79 Å². The third-order valence-electron chi connectivity index (χ3n) is 4.05. The number of para-hydroxylation sites is 1. The highest BCUT2D eigenvalue weighted by molar-refractivity contribution is 5.81. The second-order valence-electron chi connectivity index (χ2n) is 5.77. The number of aryl methyl sites for hydroxylation is 1. The molecule has 0 N–H and O–H groups in total. The van der Waals surface area contributed by atoms with Crippen LogP contribution in [0.15, 0.2) is 52.9 Å². The summed E-state index contributed by atoms with van der Waals surface area (Å²) in [4.78, 5) is 11.8. The van der Waals surface area contributed by atoms with Gasteiger partial charge in [0.25, 0.3) is 0 Å². The molecule has 0 saturated carbocycles. The topological polar surface area (TPSA) is 48.7 Å². The lowest BCUT2D eigenvalue weighted by Gasteiger charge is -2.11. The molecule has 0 spiro atoms. The maximum absolute atomic E-state index is 11.8. The van der Waals surface area contributed by atoms with Crippen molar-refractivity contribution < 1.29 is 18.7 Å². The number of hydrogen-bond donors (Lipinski definition) is 0. The lowest BCUT2D eigenvalue weighted by Crippen LogP contribution is -2.09. The molecule has 0 aliphatic rings. The summed E-state index contributed by atoms with van der Waals surface area (Å²) in [5, 5.41) is 1.07. The van der Waals surface area contributed by atoms with Gasteiger partial charge in [0, 0.05) is 22.9 Å². The first-order chi connectivity index (χ1) is 12.2. The lowest BCUT2D eigenvalue weighted by molar-refractivity contribution is -0.142. The van der Waals surface area contributed by atoms with E-state index in [-0.39, 0.29) is 12.4 Å². The quantitative estimate of drug-likeness (QED) is 0.587. The van der Waals surface area contributed by atoms with Gasteiger partial charge in [-0.2, -0.15) is 0 Å². The second-order valence-corrected chi connectivity index (χ2v) is 5.77. The molecule has 0 aliphatic carbocycles. The van der Waals surface area contributed by atoms with E-state index in [9.17, 15) is 4.79 Å². The molecular weight excluding hydrogens is 316 g/mol. The van der Waals surface area contributed by atoms with Crippen molar-refractivity contribution in [2.75, 3.05) is 6.61 Å². The predicted octanol–water partition coefficient (Wildman–Crippen LogP) is 4.68. The average Bonchev–Trinajstić information content (AvgIpc) is 3.05. The number of benzene rings is 2. The van der Waals surface area contributed by atoms with Crippen molar-refractivity contribution in [3.8, 4) is 5.75 Å². The Morgan fingerprint density at radius 3 is 2.64 bits per heavy atom. The molecule has 1 heterocycles. The van der Waals surface area contributed by atoms with Crippen LogP contribution in [0.5, 0.6) is 5.75 Å². The smallest absolute Gasteiger partial charge is 0.310 e. The van der Waals surface area contributed by atoms with Crippen LogP contribution < -0.4 is 4.74 Å². The summed E-state index contributed by atoms with van der Waals surface area (Å²) in [6.45, 7) is 4.67. The fraction of sp³-hybridized carbons (Fsp3) is 0.286. The van der Waals surface area contributed by atoms with E-state index in [1.165, 1.54) is 0 Å². The largest absolute Gasteiger partial charge is 0.489 e. The van der Waals surface area contributed by atoms with Crippen LogP contribution >= 0.6 is 0 Å². The number of esters is 1. The van der Waals surface area contributed by atoms with Gasteiger partial charge in [-0.15, -0.1) is 0 Å². The zero-order valence-corrected chi connectivity index (χ0v) is 14.6. The molecular formula is C21H22O4. The highest BCUT2D eigenvalue weighted by atomic mass is 16.5. The van der Waals surface area contributed by atoms with Crippen molar-refractivity contribution in [3.63, 3.8) is 0 Å². The Balaban J connectivity index is 1.78. The number of carbonyl (C=O) groups excluding carboxylic acids is 1. The zero-order valence-electron chi connectivity index (χ0n) is 14.6. The Bertz CT molecular complexity index is 863. The number of furan rings is 1. The van der Waals surface area contributed by atoms with E-state index in [0.717, 1.165) is 34.3 Å². The minimum atomic E-state index is -0.247. The molecule has 130 valence electrons. The molecule has 1 aromatic heterocycles. The van der Waals surface area contributed by atoms with Gasteiger partial charge in [0.15, 0.2) is 0 Å². The molecule has 4 heteroatoms. The maximum atomic E-state index is 11.8. The Morgan fingerprint density at radius 2 is 1.84 bits per heavy atom. The molecule has 2 aromatic carbocycles. The summed E-state index contributed by atoms with van der Waals surface area (Å²) in [6, 6.07) is 15.6. The monoisotopic (exact) mass is 338 g/mol. The number of ether oxygens (including phenoxy) is 2. The second kappa shape index (κ2) is 7.88. The SMILES string of the molecule is CCOC(=O)Cc1ccccc1OCc1cccc2oc(CC)cc12. The van der Waals surface area contributed by atoms with Gasteiger partial charge in [0.1, 0.15) is 23.7 Å². The van der Waals surface area contributed by atoms with E-state index in [0.29, 0.717) is 19.0 Å². The molecule has 3 rings (SSSR count). The summed E-state index contributed by atoms with van der Waals surface area (Å²) in [6.07, 6.45) is 1.07. The van der Waals surface area contributed by atoms with E-state index in [4.69, 9.17) is 13.9 Å². The maximum Gasteiger partial charge on any atom is 0.310 e. The molecule has 0 amide bonds. The van der Waals surface area contributed by atoms with Crippen LogP contribution in [0.2, 0.25) is 0 Å². The third kappa shape index (κ3) is 4.02. The Labute approximate surface area is 147 Å². The van der Waals surface area contributed by atoms with Crippen molar-refractivity contribution in [2.24, 2.45) is 0 Å². The van der Waals surface area contributed by atoms with Gasteiger partial charge >= 0.3 is 5.97 Å². The minimum absolute atomic E-state index is 0.208. The fourth-order valence-electron chi connectivity index (χ4n) is 2.79. The van der Waals surface area contributed by atoms with E-state index >= 15 is 0 Å². The Hall–Kier alpha value is -2.75. The first kappa shape index (κ1) is 17.1. The van der Waals surface area contributed by atoms with Crippen molar-refractivity contribution in [2.45, 2.75) is 33.3 Å². The van der Waals surface area contributed by atoms with Crippen molar-refractivity contribution in [3.05, 3.63) is 65.4 Å². The molecule has 3 aromatic rings. The number of rotatable bonds is 7. The number of hydrogen-bond acceptors (Lipinski definition) is 4. The van der Waals surface area contributed by atoms with Crippen molar-refractivity contribution >= 4 is 16.9 Å². The summed E-state index contributed by atoms with van der Waals surface area (Å²) in [5.74, 6) is 1.42. The van der Waals surface area contributed by atoms with Crippen LogP contribution in [0.25, 0.3) is 11.0 Å². The molecule has 0 radical (unpaired) electrons. The highest BCUT2D eigenvalue weighted by Gasteiger charge is 2.11. The van der Waals surface area contributed by atoms with Crippen LogP contribution in [-0.4, -0.2) is 12.6 Å². The zero-order chi connectivity index (χ0) is 17.6. The van der Waals surface area contributed by atoms with Gasteiger partial charge in [-0.1, -0.05) is 37.3 Å². The van der Waals surface area contributed by atoms with E-state index in [1.54, 1.807) is 6.92 Å². The van der Waals surface area contributed by atoms with E-state index in [2.05, 4.69) is 13.0 Å². The summed E-state index contributed by atoms with van der Waals surface area (Å²) >= 11 is 0. The van der Waals surface area contributed by atoms with Crippen LogP contribution in [0.3, 0.4) is 0 Å². The molecule has 0 saturated heterocycles. The number of fused-ring (bicyclic) bond motifs is 1. The fourth-order valence-corrected chi connectivity index (χ4v) is 2.79. The highest BCUT2D eigenvalue weighted by Crippen LogP contribution is 2.26. The van der Waals surface area contributed by atoms with Gasteiger partial charge in [0.05, 0.1) is 13.0 Å². The van der Waals surface area contributed by atoms with Gasteiger partial charge in [-0.05, 0) is 25.1 Å². The molecule has 4 nitrogen and oxygen atoms in total. The number of carbonyl (C=O) groups is 1. The Morgan fingerprint density at radius 1 is 1.04 bits per heavy atom. The van der Waals surface area contributed by atoms with E-state index < -0.39 is 0 Å². The van der Waals surface area contributed by atoms with Crippen molar-refractivity contribution in [1.29, 1.82) is 0 Å². The molecule has 0 fully saturated rings. The predicted molar refractivity (Wildman–Crippen MR) is 96.7 cm³/mol. The van der Waals surface area contributed by atoms with Gasteiger partial charge in [-0.25, -0.2) is 0 Å². The molecule has 0 atom stereocenters. The lowest BCUT2D eigenvalue weighted by atomic mass is 10.1. The van der Waals surface area contributed by atoms with Gasteiger partial charge in [0.2, 0.25) is 0 Å². The van der Waals surface area contributed by atoms with E-state index in [1.807, 2.05) is 42.5 Å². The normalized spacial score (nSPS) is 10.8. The van der Waals surface area contributed by atoms with Crippen LogP contribution in [-0.2, 0) is 29.0 Å². The standard InChI is InChI=1S/C21H22O4/c1-3-17-13-18-16(9-7-11-20(18)25-17)14-24-19-10-6-5-8-15(19)12-21(22)23-4-2/h5-11,13H,3-4,12,14H2,1-2H3. The molecule has 0 unspecified atom stereocenters. The molecule has 25 heavy (non-hydrogen) atoms. The average molecular weight is 338 g/mol. The minimum Gasteiger partial charge on any atom is -0.489 e. The summed E-state index contributed by atoms with van der Waals surface area (Å²) in [5.41, 5.74) is 2.76. The third-order valence-corrected chi connectivity index (χ3v) is 4.05.